The first-order valence-electron chi connectivity index (χ1n) is 9.00. The molecule has 2 heterocycles. The molecule has 4 rings (SSSR count). The number of anilines is 1. The van der Waals surface area contributed by atoms with E-state index in [1.165, 1.54) is 13.3 Å². The number of methoxy groups -OCH3 is 1. The lowest BCUT2D eigenvalue weighted by Crippen LogP contribution is -2.27. The van der Waals surface area contributed by atoms with Crippen LogP contribution in [-0.2, 0) is 11.3 Å². The molecule has 0 N–H and O–H groups in total. The van der Waals surface area contributed by atoms with E-state index in [-0.39, 0.29) is 10.6 Å². The Balaban J connectivity index is 1.68. The van der Waals surface area contributed by atoms with E-state index in [0.29, 0.717) is 17.9 Å². The summed E-state index contributed by atoms with van der Waals surface area (Å²) in [5.74, 6) is -0.563. The third kappa shape index (κ3) is 3.67. The molecule has 0 bridgehead atoms. The number of aromatic nitrogens is 3. The number of hydrogen-bond donors (Lipinski definition) is 0. The fourth-order valence-corrected chi connectivity index (χ4v) is 4.37. The fraction of sp³-hybridized carbons (Fsp3) is 0.143. The molecule has 0 unspecified atom stereocenters. The quantitative estimate of drug-likeness (QED) is 0.438. The molecule has 9 heteroatoms. The monoisotopic (exact) mass is 440 g/mol. The van der Waals surface area contributed by atoms with Crippen molar-refractivity contribution < 1.29 is 9.53 Å². The predicted molar refractivity (Wildman–Crippen MR) is 118 cm³/mol. The first-order chi connectivity index (χ1) is 14.5. The number of esters is 1. The number of carbonyl (C=O) groups is 1. The summed E-state index contributed by atoms with van der Waals surface area (Å²) in [5.41, 5.74) is 1.41. The van der Waals surface area contributed by atoms with E-state index in [1.807, 2.05) is 36.2 Å². The lowest BCUT2D eigenvalue weighted by Gasteiger charge is -2.19. The molecule has 0 aliphatic rings. The zero-order chi connectivity index (χ0) is 21.3. The van der Waals surface area contributed by atoms with Crippen molar-refractivity contribution >= 4 is 44.8 Å². The first-order valence-corrected chi connectivity index (χ1v) is 10.2. The second-order valence-corrected chi connectivity index (χ2v) is 7.99. The van der Waals surface area contributed by atoms with E-state index in [4.69, 9.17) is 16.3 Å². The highest BCUT2D eigenvalue weighted by molar-refractivity contribution is 7.18. The third-order valence-corrected chi connectivity index (χ3v) is 5.94. The van der Waals surface area contributed by atoms with Crippen LogP contribution in [0.5, 0.6) is 0 Å². The third-order valence-electron chi connectivity index (χ3n) is 4.56. The van der Waals surface area contributed by atoms with Gasteiger partial charge in [-0.1, -0.05) is 35.9 Å². The molecule has 0 spiro atoms. The second-order valence-electron chi connectivity index (χ2n) is 6.50. The summed E-state index contributed by atoms with van der Waals surface area (Å²) >= 11 is 7.99. The van der Waals surface area contributed by atoms with E-state index in [9.17, 15) is 9.59 Å². The molecule has 0 saturated carbocycles. The molecule has 0 saturated heterocycles. The van der Waals surface area contributed by atoms with Gasteiger partial charge in [0.2, 0.25) is 0 Å². The van der Waals surface area contributed by atoms with Gasteiger partial charge in [0.05, 0.1) is 47.0 Å². The van der Waals surface area contributed by atoms with Crippen LogP contribution in [0.2, 0.25) is 5.02 Å². The summed E-state index contributed by atoms with van der Waals surface area (Å²) in [6.07, 6.45) is 1.51. The fourth-order valence-electron chi connectivity index (χ4n) is 3.08. The van der Waals surface area contributed by atoms with Gasteiger partial charge in [-0.05, 0) is 24.3 Å². The minimum Gasteiger partial charge on any atom is -0.465 e. The highest BCUT2D eigenvalue weighted by Gasteiger charge is 2.19. The number of ether oxygens (including phenoxy) is 1. The van der Waals surface area contributed by atoms with Crippen LogP contribution in [-0.4, -0.2) is 34.9 Å². The van der Waals surface area contributed by atoms with Gasteiger partial charge in [0.15, 0.2) is 0 Å². The maximum absolute atomic E-state index is 12.9. The molecular weight excluding hydrogens is 424 g/mol. The van der Waals surface area contributed by atoms with E-state index in [0.717, 1.165) is 19.9 Å². The molecule has 2 aromatic carbocycles. The zero-order valence-electron chi connectivity index (χ0n) is 16.2. The van der Waals surface area contributed by atoms with Gasteiger partial charge in [-0.3, -0.25) is 4.79 Å². The molecule has 2 aromatic heterocycles. The summed E-state index contributed by atoms with van der Waals surface area (Å²) in [6, 6.07) is 14.5. The molecule has 0 amide bonds. The Morgan fingerprint density at radius 2 is 1.93 bits per heavy atom. The van der Waals surface area contributed by atoms with Crippen molar-refractivity contribution in [1.29, 1.82) is 0 Å². The lowest BCUT2D eigenvalue weighted by atomic mass is 10.2. The van der Waals surface area contributed by atoms with Crippen LogP contribution in [0, 0.1) is 0 Å². The standard InChI is InChI=1S/C21H17ClN4O3S/c1-25(12-18-24-14-8-4-6-10-17(14)30-18)16-11-23-26(20(27)19(16)22)15-9-5-3-7-13(15)21(28)29-2/h3-11H,12H2,1-2H3. The molecule has 4 aromatic rings. The summed E-state index contributed by atoms with van der Waals surface area (Å²) in [6.45, 7) is 0.475. The number of para-hydroxylation sites is 2. The molecule has 0 radical (unpaired) electrons. The van der Waals surface area contributed by atoms with Crippen LogP contribution in [0.3, 0.4) is 0 Å². The normalized spacial score (nSPS) is 10.9. The van der Waals surface area contributed by atoms with Gasteiger partial charge in [0.25, 0.3) is 5.56 Å². The Labute approximate surface area is 181 Å². The molecular formula is C21H17ClN4O3S. The average Bonchev–Trinajstić information content (AvgIpc) is 3.17. The number of rotatable bonds is 5. The topological polar surface area (TPSA) is 77.3 Å². The van der Waals surface area contributed by atoms with Gasteiger partial charge in [0.1, 0.15) is 10.0 Å². The first kappa shape index (κ1) is 20.1. The number of hydrogen-bond acceptors (Lipinski definition) is 7. The summed E-state index contributed by atoms with van der Waals surface area (Å²) in [5, 5.41) is 5.15. The van der Waals surface area contributed by atoms with Crippen molar-refractivity contribution in [2.45, 2.75) is 6.54 Å². The highest BCUT2D eigenvalue weighted by atomic mass is 35.5. The Morgan fingerprint density at radius 3 is 2.70 bits per heavy atom. The van der Waals surface area contributed by atoms with E-state index in [1.54, 1.807) is 35.6 Å². The summed E-state index contributed by atoms with van der Waals surface area (Å²) < 4.78 is 6.99. The number of halogens is 1. The van der Waals surface area contributed by atoms with Crippen LogP contribution in [0.1, 0.15) is 15.4 Å². The van der Waals surface area contributed by atoms with Crippen molar-refractivity contribution in [2.75, 3.05) is 19.1 Å². The number of benzene rings is 2. The number of thiazole rings is 1. The maximum Gasteiger partial charge on any atom is 0.340 e. The smallest absolute Gasteiger partial charge is 0.340 e. The van der Waals surface area contributed by atoms with Crippen molar-refractivity contribution in [2.24, 2.45) is 0 Å². The van der Waals surface area contributed by atoms with Crippen molar-refractivity contribution in [1.82, 2.24) is 14.8 Å². The molecule has 7 nitrogen and oxygen atoms in total. The maximum atomic E-state index is 12.9. The van der Waals surface area contributed by atoms with Crippen molar-refractivity contribution in [3.63, 3.8) is 0 Å². The van der Waals surface area contributed by atoms with Gasteiger partial charge in [-0.15, -0.1) is 11.3 Å². The van der Waals surface area contributed by atoms with Crippen LogP contribution in [0.4, 0.5) is 5.69 Å². The van der Waals surface area contributed by atoms with Crippen LogP contribution < -0.4 is 10.5 Å². The molecule has 0 fully saturated rings. The molecule has 0 aliphatic heterocycles. The van der Waals surface area contributed by atoms with Crippen LogP contribution in [0.15, 0.2) is 59.5 Å². The molecule has 0 aliphatic carbocycles. The number of carbonyl (C=O) groups excluding carboxylic acids is 1. The van der Waals surface area contributed by atoms with E-state index < -0.39 is 11.5 Å². The summed E-state index contributed by atoms with van der Waals surface area (Å²) in [7, 11) is 3.10. The minimum absolute atomic E-state index is 0.00767. The Morgan fingerprint density at radius 1 is 1.20 bits per heavy atom. The molecule has 152 valence electrons. The largest absolute Gasteiger partial charge is 0.465 e. The van der Waals surface area contributed by atoms with Gasteiger partial charge in [-0.2, -0.15) is 9.78 Å². The van der Waals surface area contributed by atoms with Gasteiger partial charge >= 0.3 is 5.97 Å². The van der Waals surface area contributed by atoms with Crippen LogP contribution >= 0.6 is 22.9 Å². The highest BCUT2D eigenvalue weighted by Crippen LogP contribution is 2.26. The van der Waals surface area contributed by atoms with Crippen LogP contribution in [0.25, 0.3) is 15.9 Å². The lowest BCUT2D eigenvalue weighted by molar-refractivity contribution is 0.0600. The number of nitrogens with zero attached hydrogens (tertiary/aromatic N) is 4. The van der Waals surface area contributed by atoms with Gasteiger partial charge in [0, 0.05) is 7.05 Å². The minimum atomic E-state index is -0.563. The van der Waals surface area contributed by atoms with Crippen molar-refractivity contribution in [3.05, 3.63) is 80.7 Å². The Bertz CT molecular complexity index is 1270. The van der Waals surface area contributed by atoms with Gasteiger partial charge in [-0.25, -0.2) is 9.78 Å². The second kappa shape index (κ2) is 8.25. The number of fused-ring (bicyclic) bond motifs is 1. The Kier molecular flexibility index (Phi) is 5.52. The predicted octanol–water partition coefficient (Wildman–Crippen LogP) is 3.92. The zero-order valence-corrected chi connectivity index (χ0v) is 17.8. The molecule has 0 atom stereocenters. The van der Waals surface area contributed by atoms with Crippen molar-refractivity contribution in [3.8, 4) is 5.69 Å². The van der Waals surface area contributed by atoms with E-state index in [2.05, 4.69) is 10.1 Å². The Hall–Kier alpha value is -3.23. The average molecular weight is 441 g/mol. The van der Waals surface area contributed by atoms with Gasteiger partial charge < -0.3 is 9.64 Å². The molecule has 30 heavy (non-hydrogen) atoms. The SMILES string of the molecule is COC(=O)c1ccccc1-n1ncc(N(C)Cc2nc3ccccc3s2)c(Cl)c1=O. The summed E-state index contributed by atoms with van der Waals surface area (Å²) in [4.78, 5) is 31.4. The van der Waals surface area contributed by atoms with E-state index >= 15 is 0 Å².